The Balaban J connectivity index is 1.78. The van der Waals surface area contributed by atoms with Crippen molar-refractivity contribution in [2.45, 2.75) is 45.3 Å². The van der Waals surface area contributed by atoms with E-state index in [0.29, 0.717) is 18.7 Å². The Morgan fingerprint density at radius 2 is 2.00 bits per heavy atom. The normalized spacial score (nSPS) is 16.6. The number of likely N-dealkylation sites (tertiary alicyclic amines) is 1. The van der Waals surface area contributed by atoms with Crippen LogP contribution in [0.3, 0.4) is 0 Å². The van der Waals surface area contributed by atoms with Crippen LogP contribution in [0, 0.1) is 0 Å². The van der Waals surface area contributed by atoms with Crippen molar-refractivity contribution in [3.8, 4) is 0 Å². The molecule has 21 heavy (non-hydrogen) atoms. The molecule has 2 heterocycles. The molecule has 0 aliphatic carbocycles. The molecule has 0 radical (unpaired) electrons. The van der Waals surface area contributed by atoms with Crippen molar-refractivity contribution in [3.63, 3.8) is 0 Å². The summed E-state index contributed by atoms with van der Waals surface area (Å²) in [7, 11) is 0. The van der Waals surface area contributed by atoms with Crippen molar-refractivity contribution >= 4 is 23.3 Å². The lowest BCUT2D eigenvalue weighted by molar-refractivity contribution is 0.0199. The van der Waals surface area contributed by atoms with E-state index in [0.717, 1.165) is 12.8 Å². The fourth-order valence-electron chi connectivity index (χ4n) is 2.20. The van der Waals surface area contributed by atoms with E-state index in [1.165, 1.54) is 11.3 Å². The van der Waals surface area contributed by atoms with Crippen LogP contribution >= 0.6 is 11.3 Å². The Bertz CT molecular complexity index is 486. The molecule has 2 amide bonds. The number of amides is 2. The van der Waals surface area contributed by atoms with Gasteiger partial charge in [-0.05, 0) is 45.1 Å². The zero-order valence-electron chi connectivity index (χ0n) is 12.7. The molecule has 2 rings (SSSR count). The van der Waals surface area contributed by atoms with E-state index in [2.05, 4.69) is 5.32 Å². The number of ether oxygens (including phenoxy) is 1. The topological polar surface area (TPSA) is 58.6 Å². The van der Waals surface area contributed by atoms with Gasteiger partial charge in [-0.2, -0.15) is 11.3 Å². The number of hydrogen-bond acceptors (Lipinski definition) is 4. The lowest BCUT2D eigenvalue weighted by atomic mass is 10.1. The number of rotatable bonds is 2. The fraction of sp³-hybridized carbons (Fsp3) is 0.600. The second kappa shape index (κ2) is 6.47. The molecule has 116 valence electrons. The summed E-state index contributed by atoms with van der Waals surface area (Å²) in [5, 5.41) is 6.75. The summed E-state index contributed by atoms with van der Waals surface area (Å²) in [6, 6.07) is 1.94. The third-order valence-electron chi connectivity index (χ3n) is 3.27. The predicted molar refractivity (Wildman–Crippen MR) is 82.6 cm³/mol. The number of carbonyl (C=O) groups excluding carboxylic acids is 2. The third-order valence-corrected chi connectivity index (χ3v) is 3.95. The second-order valence-corrected chi connectivity index (χ2v) is 7.01. The molecule has 1 aliphatic heterocycles. The number of carbonyl (C=O) groups is 2. The molecule has 1 N–H and O–H groups in total. The van der Waals surface area contributed by atoms with Crippen molar-refractivity contribution in [2.75, 3.05) is 13.1 Å². The van der Waals surface area contributed by atoms with Gasteiger partial charge >= 0.3 is 6.09 Å². The standard InChI is InChI=1S/C15H22N2O3S/c1-15(2,3)20-14(19)17-7-4-12(5-8-17)16-13(18)11-6-9-21-10-11/h6,9-10,12H,4-5,7-8H2,1-3H3,(H,16,18). The van der Waals surface area contributed by atoms with Gasteiger partial charge in [0.25, 0.3) is 5.91 Å². The average molecular weight is 310 g/mol. The lowest BCUT2D eigenvalue weighted by Crippen LogP contribution is -2.47. The van der Waals surface area contributed by atoms with E-state index in [9.17, 15) is 9.59 Å². The van der Waals surface area contributed by atoms with Crippen molar-refractivity contribution < 1.29 is 14.3 Å². The third kappa shape index (κ3) is 4.74. The Hall–Kier alpha value is -1.56. The van der Waals surface area contributed by atoms with Crippen molar-refractivity contribution in [2.24, 2.45) is 0 Å². The number of nitrogens with zero attached hydrogens (tertiary/aromatic N) is 1. The van der Waals surface area contributed by atoms with Gasteiger partial charge in [0.1, 0.15) is 5.60 Å². The Morgan fingerprint density at radius 3 is 2.52 bits per heavy atom. The number of nitrogens with one attached hydrogen (secondary N) is 1. The summed E-state index contributed by atoms with van der Waals surface area (Å²) in [4.78, 5) is 25.6. The summed E-state index contributed by atoms with van der Waals surface area (Å²) in [5.74, 6) is -0.0352. The quantitative estimate of drug-likeness (QED) is 0.914. The maximum Gasteiger partial charge on any atom is 0.410 e. The van der Waals surface area contributed by atoms with Gasteiger partial charge in [0.05, 0.1) is 0 Å². The Morgan fingerprint density at radius 1 is 1.33 bits per heavy atom. The molecular weight excluding hydrogens is 288 g/mol. The summed E-state index contributed by atoms with van der Waals surface area (Å²) in [6.07, 6.45) is 1.25. The van der Waals surface area contributed by atoms with Crippen LogP contribution in [0.4, 0.5) is 4.79 Å². The molecule has 6 heteroatoms. The van der Waals surface area contributed by atoms with Crippen LogP contribution in [-0.4, -0.2) is 41.6 Å². The zero-order chi connectivity index (χ0) is 15.5. The number of piperidine rings is 1. The monoisotopic (exact) mass is 310 g/mol. The molecule has 1 aromatic rings. The molecule has 0 saturated carbocycles. The van der Waals surface area contributed by atoms with E-state index < -0.39 is 5.60 Å². The van der Waals surface area contributed by atoms with Crippen LogP contribution in [0.1, 0.15) is 44.0 Å². The highest BCUT2D eigenvalue weighted by Crippen LogP contribution is 2.16. The SMILES string of the molecule is CC(C)(C)OC(=O)N1CCC(NC(=O)c2ccsc2)CC1. The van der Waals surface area contributed by atoms with Gasteiger partial charge in [-0.1, -0.05) is 0 Å². The first-order chi connectivity index (χ1) is 9.85. The number of thiophene rings is 1. The molecule has 1 aliphatic rings. The van der Waals surface area contributed by atoms with Gasteiger partial charge in [-0.15, -0.1) is 0 Å². The van der Waals surface area contributed by atoms with Crippen LogP contribution < -0.4 is 5.32 Å². The van der Waals surface area contributed by atoms with Gasteiger partial charge < -0.3 is 15.0 Å². The second-order valence-electron chi connectivity index (χ2n) is 6.23. The molecule has 0 bridgehead atoms. The molecule has 5 nitrogen and oxygen atoms in total. The minimum atomic E-state index is -0.471. The van der Waals surface area contributed by atoms with Crippen molar-refractivity contribution in [1.82, 2.24) is 10.2 Å². The Labute approximate surface area is 129 Å². The summed E-state index contributed by atoms with van der Waals surface area (Å²) in [6.45, 7) is 6.81. The molecular formula is C15H22N2O3S. The van der Waals surface area contributed by atoms with E-state index in [-0.39, 0.29) is 18.0 Å². The molecule has 0 spiro atoms. The largest absolute Gasteiger partial charge is 0.444 e. The first-order valence-electron chi connectivity index (χ1n) is 7.16. The highest BCUT2D eigenvalue weighted by Gasteiger charge is 2.27. The van der Waals surface area contributed by atoms with Crippen LogP contribution in [0.25, 0.3) is 0 Å². The van der Waals surface area contributed by atoms with E-state index in [1.807, 2.05) is 37.6 Å². The lowest BCUT2D eigenvalue weighted by Gasteiger charge is -2.33. The zero-order valence-corrected chi connectivity index (χ0v) is 13.5. The van der Waals surface area contributed by atoms with Gasteiger partial charge in [-0.25, -0.2) is 4.79 Å². The molecule has 1 aromatic heterocycles. The van der Waals surface area contributed by atoms with Crippen molar-refractivity contribution in [1.29, 1.82) is 0 Å². The van der Waals surface area contributed by atoms with Crippen LogP contribution in [0.2, 0.25) is 0 Å². The molecule has 0 atom stereocenters. The van der Waals surface area contributed by atoms with Gasteiger partial charge in [-0.3, -0.25) is 4.79 Å². The number of hydrogen-bond donors (Lipinski definition) is 1. The first-order valence-corrected chi connectivity index (χ1v) is 8.10. The van der Waals surface area contributed by atoms with E-state index in [4.69, 9.17) is 4.74 Å². The van der Waals surface area contributed by atoms with Gasteiger partial charge in [0.15, 0.2) is 0 Å². The van der Waals surface area contributed by atoms with Gasteiger partial charge in [0.2, 0.25) is 0 Å². The maximum absolute atomic E-state index is 12.0. The summed E-state index contributed by atoms with van der Waals surface area (Å²) in [5.41, 5.74) is 0.232. The minimum Gasteiger partial charge on any atom is -0.444 e. The van der Waals surface area contributed by atoms with Crippen LogP contribution in [0.5, 0.6) is 0 Å². The molecule has 0 aromatic carbocycles. The predicted octanol–water partition coefficient (Wildman–Crippen LogP) is 2.88. The smallest absolute Gasteiger partial charge is 0.410 e. The first kappa shape index (κ1) is 15.8. The summed E-state index contributed by atoms with van der Waals surface area (Å²) >= 11 is 1.51. The molecule has 0 unspecified atom stereocenters. The fourth-order valence-corrected chi connectivity index (χ4v) is 2.83. The molecule has 1 saturated heterocycles. The van der Waals surface area contributed by atoms with Crippen molar-refractivity contribution in [3.05, 3.63) is 22.4 Å². The minimum absolute atomic E-state index is 0.0352. The van der Waals surface area contributed by atoms with Gasteiger partial charge in [0, 0.05) is 30.1 Å². The Kier molecular flexibility index (Phi) is 4.88. The summed E-state index contributed by atoms with van der Waals surface area (Å²) < 4.78 is 5.35. The maximum atomic E-state index is 12.0. The van der Waals surface area contributed by atoms with E-state index in [1.54, 1.807) is 4.90 Å². The van der Waals surface area contributed by atoms with Crippen LogP contribution in [0.15, 0.2) is 16.8 Å². The molecule has 1 fully saturated rings. The highest BCUT2D eigenvalue weighted by atomic mass is 32.1. The van der Waals surface area contributed by atoms with Crippen LogP contribution in [-0.2, 0) is 4.74 Å². The van der Waals surface area contributed by atoms with E-state index >= 15 is 0 Å². The highest BCUT2D eigenvalue weighted by molar-refractivity contribution is 7.08. The average Bonchev–Trinajstić information content (AvgIpc) is 2.91.